The molecule has 2 aliphatic rings. The van der Waals surface area contributed by atoms with Crippen LogP contribution in [0.3, 0.4) is 0 Å². The number of nitrogens with one attached hydrogen (secondary N) is 2. The molecule has 2 aliphatic heterocycles. The Morgan fingerprint density at radius 2 is 1.79 bits per heavy atom. The summed E-state index contributed by atoms with van der Waals surface area (Å²) in [6.45, 7) is 0.160. The number of nitrogens with zero attached hydrogens (tertiary/aromatic N) is 1. The Balaban J connectivity index is 1.61. The lowest BCUT2D eigenvalue weighted by molar-refractivity contribution is -0.119. The largest absolute Gasteiger partial charge is 0.325 e. The van der Waals surface area contributed by atoms with Crippen molar-refractivity contribution in [2.45, 2.75) is 18.5 Å². The van der Waals surface area contributed by atoms with Crippen LogP contribution in [0.2, 0.25) is 0 Å². The number of anilines is 1. The smallest absolute Gasteiger partial charge is 0.256 e. The highest BCUT2D eigenvalue weighted by molar-refractivity contribution is 7.88. The molecule has 0 spiro atoms. The highest BCUT2D eigenvalue weighted by atomic mass is 32.2. The van der Waals surface area contributed by atoms with E-state index in [1.807, 2.05) is 48.6 Å². The summed E-state index contributed by atoms with van der Waals surface area (Å²) in [5.74, 6) is -0.585. The van der Waals surface area contributed by atoms with Gasteiger partial charge >= 0.3 is 0 Å². The van der Waals surface area contributed by atoms with Crippen molar-refractivity contribution in [1.29, 1.82) is 0 Å². The first-order valence-corrected chi connectivity index (χ1v) is 11.2. The average Bonchev–Trinajstić information content (AvgIpc) is 3.06. The van der Waals surface area contributed by atoms with E-state index >= 15 is 0 Å². The summed E-state index contributed by atoms with van der Waals surface area (Å²) in [7, 11) is -3.42. The Hall–Kier alpha value is -2.97. The zero-order valence-corrected chi connectivity index (χ0v) is 16.6. The third kappa shape index (κ3) is 4.23. The SMILES string of the molecule is CS(=O)(=O)NC1CC2C(=O)Nc3ccc(C=Cc4ccccc4)cc3C(=O)N2C1. The molecule has 0 radical (unpaired) electrons. The molecule has 0 bridgehead atoms. The van der Waals surface area contributed by atoms with Gasteiger partial charge in [-0.3, -0.25) is 9.59 Å². The zero-order valence-electron chi connectivity index (χ0n) is 15.8. The number of hydrogen-bond donors (Lipinski definition) is 2. The third-order valence-electron chi connectivity index (χ3n) is 5.05. The van der Waals surface area contributed by atoms with Crippen LogP contribution in [0.4, 0.5) is 5.69 Å². The van der Waals surface area contributed by atoms with E-state index in [9.17, 15) is 18.0 Å². The van der Waals surface area contributed by atoms with Crippen LogP contribution in [0, 0.1) is 0 Å². The van der Waals surface area contributed by atoms with Crippen LogP contribution in [-0.2, 0) is 14.8 Å². The van der Waals surface area contributed by atoms with E-state index in [1.165, 1.54) is 4.90 Å². The minimum atomic E-state index is -3.42. The van der Waals surface area contributed by atoms with Gasteiger partial charge in [0.25, 0.3) is 5.91 Å². The first-order chi connectivity index (χ1) is 13.8. The molecule has 1 fully saturated rings. The molecule has 4 rings (SSSR count). The molecule has 0 aromatic heterocycles. The summed E-state index contributed by atoms with van der Waals surface area (Å²) >= 11 is 0. The number of fused-ring (bicyclic) bond motifs is 2. The van der Waals surface area contributed by atoms with E-state index in [0.29, 0.717) is 11.3 Å². The predicted molar refractivity (Wildman–Crippen MR) is 112 cm³/mol. The second kappa shape index (κ2) is 7.46. The fourth-order valence-corrected chi connectivity index (χ4v) is 4.55. The average molecular weight is 411 g/mol. The van der Waals surface area contributed by atoms with E-state index in [2.05, 4.69) is 10.0 Å². The lowest BCUT2D eigenvalue weighted by Crippen LogP contribution is -2.41. The van der Waals surface area contributed by atoms with Crippen LogP contribution in [-0.4, -0.2) is 50.0 Å². The summed E-state index contributed by atoms with van der Waals surface area (Å²) in [5.41, 5.74) is 2.74. The maximum Gasteiger partial charge on any atom is 0.256 e. The van der Waals surface area contributed by atoms with Crippen LogP contribution in [0.15, 0.2) is 48.5 Å². The summed E-state index contributed by atoms with van der Waals surface area (Å²) < 4.78 is 25.6. The van der Waals surface area contributed by atoms with Gasteiger partial charge in [0.2, 0.25) is 15.9 Å². The van der Waals surface area contributed by atoms with Gasteiger partial charge in [-0.1, -0.05) is 48.6 Å². The molecule has 2 heterocycles. The maximum absolute atomic E-state index is 13.1. The molecular weight excluding hydrogens is 390 g/mol. The van der Waals surface area contributed by atoms with Crippen LogP contribution < -0.4 is 10.0 Å². The van der Waals surface area contributed by atoms with Gasteiger partial charge < -0.3 is 10.2 Å². The monoisotopic (exact) mass is 411 g/mol. The molecular formula is C21H21N3O4S. The van der Waals surface area contributed by atoms with Crippen LogP contribution >= 0.6 is 0 Å². The molecule has 2 atom stereocenters. The quantitative estimate of drug-likeness (QED) is 0.752. The topological polar surface area (TPSA) is 95.6 Å². The maximum atomic E-state index is 13.1. The molecule has 2 aromatic carbocycles. The van der Waals surface area contributed by atoms with Gasteiger partial charge in [0.05, 0.1) is 17.5 Å². The number of sulfonamides is 1. The Kier molecular flexibility index (Phi) is 4.97. The fourth-order valence-electron chi connectivity index (χ4n) is 3.78. The van der Waals surface area contributed by atoms with E-state index in [0.717, 1.165) is 17.4 Å². The molecule has 2 amide bonds. The molecule has 2 aromatic rings. The van der Waals surface area contributed by atoms with Gasteiger partial charge in [-0.2, -0.15) is 0 Å². The Morgan fingerprint density at radius 1 is 1.07 bits per heavy atom. The van der Waals surface area contributed by atoms with Crippen molar-refractivity contribution in [2.24, 2.45) is 0 Å². The van der Waals surface area contributed by atoms with E-state index in [4.69, 9.17) is 0 Å². The number of rotatable bonds is 4. The molecule has 0 saturated carbocycles. The molecule has 29 heavy (non-hydrogen) atoms. The van der Waals surface area contributed by atoms with Gasteiger partial charge in [-0.05, 0) is 29.7 Å². The zero-order chi connectivity index (χ0) is 20.6. The van der Waals surface area contributed by atoms with E-state index in [1.54, 1.807) is 12.1 Å². The number of amides is 2. The number of carbonyl (C=O) groups is 2. The highest BCUT2D eigenvalue weighted by Gasteiger charge is 2.43. The Bertz CT molecular complexity index is 1100. The third-order valence-corrected chi connectivity index (χ3v) is 5.81. The fraction of sp³-hybridized carbons (Fsp3) is 0.238. The first kappa shape index (κ1) is 19.4. The molecule has 0 aliphatic carbocycles. The van der Waals surface area contributed by atoms with E-state index < -0.39 is 22.1 Å². The van der Waals surface area contributed by atoms with Crippen molar-refractivity contribution < 1.29 is 18.0 Å². The second-order valence-corrected chi connectivity index (χ2v) is 9.11. The van der Waals surface area contributed by atoms with Gasteiger partial charge in [0.15, 0.2) is 0 Å². The van der Waals surface area contributed by atoms with Crippen LogP contribution in [0.1, 0.15) is 27.9 Å². The van der Waals surface area contributed by atoms with Gasteiger partial charge in [-0.25, -0.2) is 13.1 Å². The summed E-state index contributed by atoms with van der Waals surface area (Å²) in [6, 6.07) is 13.9. The summed E-state index contributed by atoms with van der Waals surface area (Å²) in [6.07, 6.45) is 5.18. The molecule has 7 nitrogen and oxygen atoms in total. The minimum absolute atomic E-state index is 0.160. The molecule has 2 unspecified atom stereocenters. The lowest BCUT2D eigenvalue weighted by Gasteiger charge is -2.20. The molecule has 2 N–H and O–H groups in total. The minimum Gasteiger partial charge on any atom is -0.325 e. The van der Waals surface area contributed by atoms with Crippen molar-refractivity contribution in [3.63, 3.8) is 0 Å². The first-order valence-electron chi connectivity index (χ1n) is 9.26. The number of carbonyl (C=O) groups excluding carboxylic acids is 2. The van der Waals surface area contributed by atoms with Gasteiger partial charge in [0.1, 0.15) is 6.04 Å². The predicted octanol–water partition coefficient (Wildman–Crippen LogP) is 1.94. The lowest BCUT2D eigenvalue weighted by atomic mass is 10.1. The van der Waals surface area contributed by atoms with Crippen LogP contribution in [0.25, 0.3) is 12.2 Å². The molecule has 1 saturated heterocycles. The molecule has 150 valence electrons. The highest BCUT2D eigenvalue weighted by Crippen LogP contribution is 2.30. The van der Waals surface area contributed by atoms with Crippen LogP contribution in [0.5, 0.6) is 0 Å². The summed E-state index contributed by atoms with van der Waals surface area (Å²) in [5, 5.41) is 2.81. The summed E-state index contributed by atoms with van der Waals surface area (Å²) in [4.78, 5) is 27.2. The van der Waals surface area contributed by atoms with Crippen molar-refractivity contribution in [2.75, 3.05) is 18.1 Å². The van der Waals surface area contributed by atoms with Crippen molar-refractivity contribution in [1.82, 2.24) is 9.62 Å². The van der Waals surface area contributed by atoms with Gasteiger partial charge in [-0.15, -0.1) is 0 Å². The Labute approximate surface area is 169 Å². The van der Waals surface area contributed by atoms with Gasteiger partial charge in [0, 0.05) is 12.6 Å². The standard InChI is InChI=1S/C21H21N3O4S/c1-29(27,28)23-16-12-19-20(25)22-18-10-9-15(8-7-14-5-3-2-4-6-14)11-17(18)21(26)24(19)13-16/h2-11,16,19,23H,12-13H2,1H3,(H,22,25). The second-order valence-electron chi connectivity index (χ2n) is 7.33. The molecule has 8 heteroatoms. The Morgan fingerprint density at radius 3 is 2.52 bits per heavy atom. The normalized spacial score (nSPS) is 21.6. The van der Waals surface area contributed by atoms with E-state index in [-0.39, 0.29) is 24.8 Å². The van der Waals surface area contributed by atoms with Crippen molar-refractivity contribution in [3.8, 4) is 0 Å². The number of benzene rings is 2. The van der Waals surface area contributed by atoms with Crippen molar-refractivity contribution >= 4 is 39.7 Å². The number of hydrogen-bond acceptors (Lipinski definition) is 4. The van der Waals surface area contributed by atoms with Crippen molar-refractivity contribution in [3.05, 3.63) is 65.2 Å².